The smallest absolute Gasteiger partial charge is 0.394 e. The van der Waals surface area contributed by atoms with Crippen molar-refractivity contribution in [2.45, 2.75) is 365 Å². The first-order valence-corrected chi connectivity index (χ1v) is 34.1. The number of ether oxygens (including phenoxy) is 2. The molecule has 1 amide bonds. The molecule has 1 aliphatic heterocycles. The van der Waals surface area contributed by atoms with Crippen molar-refractivity contribution in [3.63, 3.8) is 0 Å². The van der Waals surface area contributed by atoms with Gasteiger partial charge in [0.25, 0.3) is 0 Å². The Morgan fingerprint density at radius 2 is 0.870 bits per heavy atom. The van der Waals surface area contributed by atoms with Gasteiger partial charge in [-0.05, 0) is 44.9 Å². The van der Waals surface area contributed by atoms with Crippen LogP contribution < -0.4 is 5.32 Å². The molecule has 0 aliphatic carbocycles. The third-order valence-corrected chi connectivity index (χ3v) is 16.2. The number of amides is 1. The fourth-order valence-electron chi connectivity index (χ4n) is 10.7. The molecule has 0 radical (unpaired) electrons. The summed E-state index contributed by atoms with van der Waals surface area (Å²) < 4.78 is 48.0. The van der Waals surface area contributed by atoms with Gasteiger partial charge in [-0.1, -0.05) is 295 Å². The number of aliphatic hydroxyl groups excluding tert-OH is 4. The van der Waals surface area contributed by atoms with Crippen molar-refractivity contribution in [1.29, 1.82) is 0 Å². The van der Waals surface area contributed by atoms with Crippen molar-refractivity contribution < 1.29 is 51.8 Å². The normalized spacial score (nSPS) is 19.0. The molecule has 1 aliphatic rings. The van der Waals surface area contributed by atoms with Crippen molar-refractivity contribution in [1.82, 2.24) is 5.32 Å². The largest absolute Gasteiger partial charge is 0.397 e. The van der Waals surface area contributed by atoms with E-state index in [-0.39, 0.29) is 12.5 Å². The second kappa shape index (κ2) is 53.9. The lowest BCUT2D eigenvalue weighted by atomic mass is 9.99. The van der Waals surface area contributed by atoms with Gasteiger partial charge in [0.2, 0.25) is 5.91 Å². The van der Waals surface area contributed by atoms with Gasteiger partial charge in [0.1, 0.15) is 24.4 Å². The summed E-state index contributed by atoms with van der Waals surface area (Å²) in [5, 5.41) is 45.2. The van der Waals surface area contributed by atoms with E-state index in [9.17, 15) is 38.2 Å². The molecule has 13 heteroatoms. The summed E-state index contributed by atoms with van der Waals surface area (Å²) in [5.41, 5.74) is 0. The van der Waals surface area contributed by atoms with Crippen molar-refractivity contribution >= 4 is 16.3 Å². The van der Waals surface area contributed by atoms with Crippen LogP contribution in [0.2, 0.25) is 0 Å². The Kier molecular flexibility index (Phi) is 51.5. The van der Waals surface area contributed by atoms with Gasteiger partial charge in [-0.3, -0.25) is 9.35 Å². The van der Waals surface area contributed by atoms with Gasteiger partial charge in [-0.2, -0.15) is 8.42 Å². The molecule has 1 rings (SSSR count). The number of hydrogen-bond donors (Lipinski definition) is 6. The van der Waals surface area contributed by atoms with Crippen LogP contribution in [0.5, 0.6) is 0 Å². The molecule has 0 bridgehead atoms. The number of unbranched alkanes of at least 4 members (excludes halogenated alkanes) is 42. The highest BCUT2D eigenvalue weighted by Gasteiger charge is 2.48. The molecule has 1 fully saturated rings. The predicted molar refractivity (Wildman–Crippen MR) is 319 cm³/mol. The van der Waals surface area contributed by atoms with Gasteiger partial charge >= 0.3 is 10.4 Å². The van der Waals surface area contributed by atoms with Crippen LogP contribution in [-0.2, 0) is 28.9 Å². The topological polar surface area (TPSA) is 192 Å². The van der Waals surface area contributed by atoms with E-state index >= 15 is 0 Å². The molecule has 1 heterocycles. The second-order valence-electron chi connectivity index (χ2n) is 23.1. The molecular formula is C64H123NO11S. The molecule has 0 spiro atoms. The third-order valence-electron chi connectivity index (χ3n) is 15.8. The molecule has 456 valence electrons. The highest BCUT2D eigenvalue weighted by Crippen LogP contribution is 2.26. The summed E-state index contributed by atoms with van der Waals surface area (Å²) in [4.78, 5) is 13.2. The van der Waals surface area contributed by atoms with Crippen LogP contribution in [0.4, 0.5) is 0 Å². The first kappa shape index (κ1) is 73.6. The van der Waals surface area contributed by atoms with Gasteiger partial charge in [0.15, 0.2) is 6.29 Å². The average molecular weight is 1110 g/mol. The van der Waals surface area contributed by atoms with E-state index in [0.717, 1.165) is 57.8 Å². The lowest BCUT2D eigenvalue weighted by molar-refractivity contribution is -0.298. The van der Waals surface area contributed by atoms with E-state index in [4.69, 9.17) is 9.47 Å². The second-order valence-corrected chi connectivity index (χ2v) is 24.1. The van der Waals surface area contributed by atoms with E-state index in [1.54, 1.807) is 0 Å². The van der Waals surface area contributed by atoms with Gasteiger partial charge in [0, 0.05) is 6.42 Å². The molecule has 0 aromatic rings. The Bertz CT molecular complexity index is 1450. The van der Waals surface area contributed by atoms with Crippen LogP contribution in [0.1, 0.15) is 322 Å². The number of aliphatic hydroxyl groups is 4. The minimum Gasteiger partial charge on any atom is -0.394 e. The summed E-state index contributed by atoms with van der Waals surface area (Å²) in [6.45, 7) is 3.50. The van der Waals surface area contributed by atoms with E-state index in [2.05, 4.69) is 47.7 Å². The minimum atomic E-state index is -5.08. The number of carbonyl (C=O) groups excluding carboxylic acids is 1. The molecule has 1 saturated heterocycles. The first-order chi connectivity index (χ1) is 37.5. The van der Waals surface area contributed by atoms with Crippen LogP contribution in [0.3, 0.4) is 0 Å². The lowest BCUT2D eigenvalue weighted by Crippen LogP contribution is -2.61. The van der Waals surface area contributed by atoms with Crippen LogP contribution in [0.15, 0.2) is 24.3 Å². The molecule has 12 nitrogen and oxygen atoms in total. The molecular weight excluding hydrogens is 991 g/mol. The molecule has 6 N–H and O–H groups in total. The van der Waals surface area contributed by atoms with Crippen molar-refractivity contribution in [2.24, 2.45) is 0 Å². The summed E-state index contributed by atoms with van der Waals surface area (Å²) in [6, 6.07) is -0.858. The maximum atomic E-state index is 13.2. The van der Waals surface area contributed by atoms with Crippen molar-refractivity contribution in [2.75, 3.05) is 13.2 Å². The zero-order valence-electron chi connectivity index (χ0n) is 49.8. The highest BCUT2D eigenvalue weighted by molar-refractivity contribution is 7.80. The van der Waals surface area contributed by atoms with E-state index in [1.807, 2.05) is 0 Å². The quantitative estimate of drug-likeness (QED) is 0.0193. The van der Waals surface area contributed by atoms with Gasteiger partial charge in [-0.25, -0.2) is 4.18 Å². The average Bonchev–Trinajstić information content (AvgIpc) is 3.41. The maximum absolute atomic E-state index is 13.2. The zero-order valence-corrected chi connectivity index (χ0v) is 50.6. The van der Waals surface area contributed by atoms with Crippen molar-refractivity contribution in [3.8, 4) is 0 Å². The van der Waals surface area contributed by atoms with Crippen LogP contribution in [0.25, 0.3) is 0 Å². The Balaban J connectivity index is 2.25. The number of allylic oxidation sites excluding steroid dienone is 4. The van der Waals surface area contributed by atoms with E-state index in [0.29, 0.717) is 12.8 Å². The van der Waals surface area contributed by atoms with Crippen LogP contribution in [-0.4, -0.2) is 95.4 Å². The Labute approximate surface area is 473 Å². The van der Waals surface area contributed by atoms with Gasteiger partial charge in [0.05, 0.1) is 25.4 Å². The summed E-state index contributed by atoms with van der Waals surface area (Å²) in [6.07, 6.45) is 59.1. The molecule has 0 saturated carbocycles. The third kappa shape index (κ3) is 45.8. The summed E-state index contributed by atoms with van der Waals surface area (Å²) in [7, 11) is -5.08. The minimum absolute atomic E-state index is 0.224. The van der Waals surface area contributed by atoms with E-state index in [1.165, 1.54) is 238 Å². The molecule has 7 atom stereocenters. The zero-order chi connectivity index (χ0) is 56.1. The maximum Gasteiger partial charge on any atom is 0.397 e. The predicted octanol–water partition coefficient (Wildman–Crippen LogP) is 16.4. The van der Waals surface area contributed by atoms with Gasteiger partial charge < -0.3 is 35.2 Å². The molecule has 7 unspecified atom stereocenters. The number of carbonyl (C=O) groups is 1. The molecule has 0 aromatic carbocycles. The lowest BCUT2D eigenvalue weighted by Gasteiger charge is -2.41. The molecule has 77 heavy (non-hydrogen) atoms. The first-order valence-electron chi connectivity index (χ1n) is 32.7. The van der Waals surface area contributed by atoms with Crippen LogP contribution >= 0.6 is 0 Å². The van der Waals surface area contributed by atoms with Gasteiger partial charge in [-0.15, -0.1) is 0 Å². The Hall–Kier alpha value is -1.42. The fraction of sp³-hybridized carbons (Fsp3) is 0.922. The van der Waals surface area contributed by atoms with Crippen molar-refractivity contribution in [3.05, 3.63) is 24.3 Å². The highest BCUT2D eigenvalue weighted by atomic mass is 32.3. The Morgan fingerprint density at radius 3 is 1.23 bits per heavy atom. The SMILES string of the molecule is CCCCCCCCCCC/C=C\C/C=C\CCCCCCCCCCCCCCCCCC(=O)NC(COC1OC(CO)C(O)C(OS(=O)(=O)O)C1O)C(O)CCCCCCCCCCCCCCCCCCCCC. The van der Waals surface area contributed by atoms with Crippen LogP contribution in [0, 0.1) is 0 Å². The standard InChI is InChI=1S/C64H123NO11S/c1-3-5-7-9-11-13-15-17-19-21-23-24-25-26-27-28-29-30-31-32-33-34-36-38-40-42-44-46-48-50-52-54-60(68)65-57(56-74-64-62(70)63(76-77(71,72)73)61(69)59(55-66)75-64)58(67)53-51-49-47-45-43-41-39-37-35-22-20-18-16-14-12-10-8-6-4-2/h23-24,26-27,57-59,61-64,66-67,69-70H,3-22,25,28-56H2,1-2H3,(H,65,68)(H,71,72,73)/b24-23-,27-26-. The summed E-state index contributed by atoms with van der Waals surface area (Å²) in [5.74, 6) is -0.224. The number of nitrogens with one attached hydrogen (secondary N) is 1. The Morgan fingerprint density at radius 1 is 0.519 bits per heavy atom. The number of rotatable bonds is 58. The monoisotopic (exact) mass is 1110 g/mol. The summed E-state index contributed by atoms with van der Waals surface area (Å²) >= 11 is 0. The van der Waals surface area contributed by atoms with E-state index < -0.39 is 59.9 Å². The number of hydrogen-bond acceptors (Lipinski definition) is 10. The molecule has 0 aromatic heterocycles. The fourth-order valence-corrected chi connectivity index (χ4v) is 11.2.